The maximum Gasteiger partial charge on any atom is 0.164 e. The van der Waals surface area contributed by atoms with E-state index in [2.05, 4.69) is 29.6 Å². The van der Waals surface area contributed by atoms with Gasteiger partial charge in [0.1, 0.15) is 0 Å². The van der Waals surface area contributed by atoms with E-state index in [9.17, 15) is 0 Å². The lowest BCUT2D eigenvalue weighted by Crippen LogP contribution is -2.32. The van der Waals surface area contributed by atoms with Gasteiger partial charge in [0.05, 0.1) is 14.2 Å². The van der Waals surface area contributed by atoms with Crippen LogP contribution in [-0.4, -0.2) is 20.8 Å². The van der Waals surface area contributed by atoms with Crippen molar-refractivity contribution in [1.82, 2.24) is 5.32 Å². The molecule has 2 aromatic carbocycles. The van der Waals surface area contributed by atoms with E-state index in [4.69, 9.17) is 9.47 Å². The highest BCUT2D eigenvalue weighted by molar-refractivity contribution is 5.61. The van der Waals surface area contributed by atoms with Crippen LogP contribution in [0.4, 0.5) is 0 Å². The average Bonchev–Trinajstić information content (AvgIpc) is 2.54. The Balaban J connectivity index is 1.95. The van der Waals surface area contributed by atoms with Crippen molar-refractivity contribution >= 4 is 0 Å². The number of nitrogens with one attached hydrogen (secondary N) is 1. The van der Waals surface area contributed by atoms with Crippen molar-refractivity contribution in [2.45, 2.75) is 18.9 Å². The maximum atomic E-state index is 5.65. The summed E-state index contributed by atoms with van der Waals surface area (Å²) in [6.07, 6.45) is 0.926. The molecule has 3 nitrogen and oxygen atoms in total. The van der Waals surface area contributed by atoms with Crippen molar-refractivity contribution in [3.05, 3.63) is 58.1 Å². The SMILES string of the molecule is COc1ccc2c(c1OC)Cc1cccc3c1[C@@H]2CNC3. The molecule has 0 aromatic heterocycles. The predicted octanol–water partition coefficient (Wildman–Crippen LogP) is 2.84. The van der Waals surface area contributed by atoms with Crippen molar-refractivity contribution in [2.75, 3.05) is 20.8 Å². The van der Waals surface area contributed by atoms with E-state index in [0.717, 1.165) is 31.0 Å². The molecule has 1 heterocycles. The molecule has 0 bridgehead atoms. The van der Waals surface area contributed by atoms with Crippen molar-refractivity contribution in [3.8, 4) is 11.5 Å². The summed E-state index contributed by atoms with van der Waals surface area (Å²) in [5.74, 6) is 2.13. The third kappa shape index (κ3) is 1.77. The summed E-state index contributed by atoms with van der Waals surface area (Å²) in [4.78, 5) is 0. The van der Waals surface area contributed by atoms with Crippen molar-refractivity contribution in [3.63, 3.8) is 0 Å². The van der Waals surface area contributed by atoms with Crippen molar-refractivity contribution in [2.24, 2.45) is 0 Å². The zero-order valence-electron chi connectivity index (χ0n) is 12.4. The van der Waals surface area contributed by atoms with Crippen molar-refractivity contribution < 1.29 is 9.47 Å². The Morgan fingerprint density at radius 1 is 1.05 bits per heavy atom. The highest BCUT2D eigenvalue weighted by atomic mass is 16.5. The minimum Gasteiger partial charge on any atom is -0.493 e. The van der Waals surface area contributed by atoms with Gasteiger partial charge in [0, 0.05) is 31.0 Å². The Kier molecular flexibility index (Phi) is 2.89. The summed E-state index contributed by atoms with van der Waals surface area (Å²) in [5.41, 5.74) is 7.04. The number of hydrogen-bond acceptors (Lipinski definition) is 3. The molecule has 108 valence electrons. The molecule has 1 aliphatic carbocycles. The second-order valence-electron chi connectivity index (χ2n) is 5.72. The average molecular weight is 281 g/mol. The first kappa shape index (κ1) is 12.7. The second kappa shape index (κ2) is 4.78. The number of methoxy groups -OCH3 is 2. The highest BCUT2D eigenvalue weighted by Gasteiger charge is 2.32. The van der Waals surface area contributed by atoms with E-state index in [1.807, 2.05) is 6.07 Å². The van der Waals surface area contributed by atoms with Crippen LogP contribution >= 0.6 is 0 Å². The van der Waals surface area contributed by atoms with Crippen LogP contribution < -0.4 is 14.8 Å². The molecule has 1 N–H and O–H groups in total. The van der Waals surface area contributed by atoms with Gasteiger partial charge in [-0.05, 0) is 28.3 Å². The minimum absolute atomic E-state index is 0.425. The van der Waals surface area contributed by atoms with Crippen LogP contribution in [0.15, 0.2) is 30.3 Å². The molecule has 0 fully saturated rings. The number of benzene rings is 2. The molecule has 0 saturated carbocycles. The Morgan fingerprint density at radius 2 is 1.90 bits per heavy atom. The van der Waals surface area contributed by atoms with Crippen molar-refractivity contribution in [1.29, 1.82) is 0 Å². The van der Waals surface area contributed by atoms with Gasteiger partial charge < -0.3 is 14.8 Å². The van der Waals surface area contributed by atoms with Gasteiger partial charge >= 0.3 is 0 Å². The first-order valence-corrected chi connectivity index (χ1v) is 7.38. The molecule has 2 aromatic rings. The molecule has 2 aliphatic rings. The Morgan fingerprint density at radius 3 is 2.71 bits per heavy atom. The van der Waals surface area contributed by atoms with Gasteiger partial charge in [0.2, 0.25) is 0 Å². The lowest BCUT2D eigenvalue weighted by Gasteiger charge is -2.35. The lowest BCUT2D eigenvalue weighted by atomic mass is 9.74. The van der Waals surface area contributed by atoms with Gasteiger partial charge in [-0.1, -0.05) is 24.3 Å². The quantitative estimate of drug-likeness (QED) is 0.918. The van der Waals surface area contributed by atoms with E-state index in [1.165, 1.54) is 27.8 Å². The van der Waals surface area contributed by atoms with Crippen LogP contribution in [0.3, 0.4) is 0 Å². The number of hydrogen-bond donors (Lipinski definition) is 1. The fourth-order valence-corrected chi connectivity index (χ4v) is 3.85. The Bertz CT molecular complexity index is 709. The van der Waals surface area contributed by atoms with Crippen LogP contribution in [0.5, 0.6) is 11.5 Å². The fourth-order valence-electron chi connectivity index (χ4n) is 3.85. The Labute approximate surface area is 124 Å². The van der Waals surface area contributed by atoms with Crippen LogP contribution in [0.2, 0.25) is 0 Å². The summed E-state index contributed by atoms with van der Waals surface area (Å²) < 4.78 is 11.1. The molecular formula is C18H19NO2. The molecule has 1 aliphatic heterocycles. The lowest BCUT2D eigenvalue weighted by molar-refractivity contribution is 0.350. The van der Waals surface area contributed by atoms with Crippen LogP contribution in [0, 0.1) is 0 Å². The van der Waals surface area contributed by atoms with E-state index >= 15 is 0 Å². The van der Waals surface area contributed by atoms with E-state index in [0.29, 0.717) is 5.92 Å². The summed E-state index contributed by atoms with van der Waals surface area (Å²) in [6, 6.07) is 10.9. The highest BCUT2D eigenvalue weighted by Crippen LogP contribution is 2.45. The summed E-state index contributed by atoms with van der Waals surface area (Å²) in [7, 11) is 3.42. The third-order valence-corrected chi connectivity index (χ3v) is 4.73. The summed E-state index contributed by atoms with van der Waals surface area (Å²) in [6.45, 7) is 1.97. The van der Waals surface area contributed by atoms with E-state index < -0.39 is 0 Å². The molecule has 21 heavy (non-hydrogen) atoms. The molecule has 0 amide bonds. The minimum atomic E-state index is 0.425. The molecule has 3 heteroatoms. The topological polar surface area (TPSA) is 30.5 Å². The van der Waals surface area contributed by atoms with E-state index in [-0.39, 0.29) is 0 Å². The second-order valence-corrected chi connectivity index (χ2v) is 5.72. The first-order chi connectivity index (χ1) is 10.3. The number of ether oxygens (including phenoxy) is 2. The van der Waals surface area contributed by atoms with Gasteiger partial charge in [-0.15, -0.1) is 0 Å². The molecule has 4 rings (SSSR count). The summed E-state index contributed by atoms with van der Waals surface area (Å²) >= 11 is 0. The zero-order chi connectivity index (χ0) is 14.4. The van der Waals surface area contributed by atoms with E-state index in [1.54, 1.807) is 14.2 Å². The van der Waals surface area contributed by atoms with Gasteiger partial charge in [0.15, 0.2) is 11.5 Å². The van der Waals surface area contributed by atoms with Gasteiger partial charge in [-0.25, -0.2) is 0 Å². The maximum absolute atomic E-state index is 5.65. The molecule has 0 saturated heterocycles. The van der Waals surface area contributed by atoms with Gasteiger partial charge in [-0.3, -0.25) is 0 Å². The first-order valence-electron chi connectivity index (χ1n) is 7.38. The molecule has 0 radical (unpaired) electrons. The molecule has 1 atom stereocenters. The molecule has 0 spiro atoms. The third-order valence-electron chi connectivity index (χ3n) is 4.73. The van der Waals surface area contributed by atoms with Crippen LogP contribution in [0.25, 0.3) is 0 Å². The fraction of sp³-hybridized carbons (Fsp3) is 0.333. The normalized spacial score (nSPS) is 18.7. The number of rotatable bonds is 2. The monoisotopic (exact) mass is 281 g/mol. The Hall–Kier alpha value is -2.00. The van der Waals surface area contributed by atoms with Gasteiger partial charge in [-0.2, -0.15) is 0 Å². The molecule has 0 unspecified atom stereocenters. The molecular weight excluding hydrogens is 262 g/mol. The number of fused-ring (bicyclic) bond motifs is 2. The zero-order valence-corrected chi connectivity index (χ0v) is 12.4. The largest absolute Gasteiger partial charge is 0.493 e. The van der Waals surface area contributed by atoms with Gasteiger partial charge in [0.25, 0.3) is 0 Å². The smallest absolute Gasteiger partial charge is 0.164 e. The predicted molar refractivity (Wildman–Crippen MR) is 82.3 cm³/mol. The standard InChI is InChI=1S/C18H19NO2/c1-20-16-7-6-13-14(18(16)21-2)8-11-4-3-5-12-9-19-10-15(13)17(11)12/h3-7,15,19H,8-10H2,1-2H3/t15-/m1/s1. The summed E-state index contributed by atoms with van der Waals surface area (Å²) in [5, 5.41) is 3.54. The van der Waals surface area contributed by atoms with Crippen LogP contribution in [-0.2, 0) is 13.0 Å². The van der Waals surface area contributed by atoms with Crippen LogP contribution in [0.1, 0.15) is 33.7 Å².